The summed E-state index contributed by atoms with van der Waals surface area (Å²) in [5.41, 5.74) is 0. The maximum atomic E-state index is 11.6. The number of hydrogen-bond donors (Lipinski definition) is 0. The minimum Gasteiger partial charge on any atom is -0.461 e. The van der Waals surface area contributed by atoms with E-state index >= 15 is 0 Å². The molecule has 0 aliphatic rings. The van der Waals surface area contributed by atoms with Gasteiger partial charge in [-0.15, -0.1) is 0 Å². The maximum Gasteiger partial charge on any atom is 0.238 e. The summed E-state index contributed by atoms with van der Waals surface area (Å²) in [7, 11) is 0. The van der Waals surface area contributed by atoms with Crippen LogP contribution in [0.15, 0.2) is 27.3 Å². The molecule has 0 saturated heterocycles. The summed E-state index contributed by atoms with van der Waals surface area (Å²) >= 11 is 0. The lowest BCUT2D eigenvalue weighted by Crippen LogP contribution is -2.06. The number of Topliss-reactive ketones (excluding diaryl/α,β-unsaturated/α-hetero) is 1. The topological polar surface area (TPSA) is 69.1 Å². The highest BCUT2D eigenvalue weighted by Gasteiger charge is 2.14. The molecule has 0 unspecified atom stereocenters. The highest BCUT2D eigenvalue weighted by molar-refractivity contribution is 5.80. The van der Waals surface area contributed by atoms with Gasteiger partial charge in [0.15, 0.2) is 5.76 Å². The van der Waals surface area contributed by atoms with Crippen LogP contribution >= 0.6 is 0 Å². The Morgan fingerprint density at radius 2 is 2.29 bits per heavy atom. The lowest BCUT2D eigenvalue weighted by Gasteiger charge is -1.99. The predicted octanol–water partition coefficient (Wildman–Crippen LogP) is 2.49. The first-order valence-electron chi connectivity index (χ1n) is 5.53. The van der Waals surface area contributed by atoms with Gasteiger partial charge in [0, 0.05) is 6.42 Å². The Balaban J connectivity index is 2.02. The van der Waals surface area contributed by atoms with Crippen LogP contribution in [0.25, 0.3) is 11.6 Å². The molecule has 0 radical (unpaired) electrons. The van der Waals surface area contributed by atoms with E-state index < -0.39 is 0 Å². The van der Waals surface area contributed by atoms with E-state index in [1.165, 1.54) is 6.26 Å². The quantitative estimate of drug-likeness (QED) is 0.794. The monoisotopic (exact) mass is 234 g/mol. The van der Waals surface area contributed by atoms with E-state index in [-0.39, 0.29) is 12.2 Å². The summed E-state index contributed by atoms with van der Waals surface area (Å²) in [5.74, 6) is 1.70. The van der Waals surface area contributed by atoms with Crippen LogP contribution in [0.3, 0.4) is 0 Å². The second-order valence-corrected chi connectivity index (χ2v) is 4.30. The molecule has 2 rings (SSSR count). The lowest BCUT2D eigenvalue weighted by molar-refractivity contribution is -0.119. The standard InChI is InChI=1S/C12H14N2O3/c1-8(2)6-9(15)7-11-13-12(14-17-11)10-4-3-5-16-10/h3-5,8H,6-7H2,1-2H3. The van der Waals surface area contributed by atoms with Crippen molar-refractivity contribution < 1.29 is 13.7 Å². The van der Waals surface area contributed by atoms with Crippen molar-refractivity contribution in [2.45, 2.75) is 26.7 Å². The van der Waals surface area contributed by atoms with Gasteiger partial charge in [0.25, 0.3) is 0 Å². The first-order chi connectivity index (χ1) is 8.15. The van der Waals surface area contributed by atoms with Gasteiger partial charge in [-0.1, -0.05) is 19.0 Å². The van der Waals surface area contributed by atoms with Crippen LogP contribution in [0.4, 0.5) is 0 Å². The summed E-state index contributed by atoms with van der Waals surface area (Å²) in [6, 6.07) is 3.49. The van der Waals surface area contributed by atoms with Gasteiger partial charge in [-0.2, -0.15) is 4.98 Å². The summed E-state index contributed by atoms with van der Waals surface area (Å²) in [5, 5.41) is 3.76. The molecule has 90 valence electrons. The van der Waals surface area contributed by atoms with Crippen molar-refractivity contribution in [1.82, 2.24) is 10.1 Å². The maximum absolute atomic E-state index is 11.6. The number of hydrogen-bond acceptors (Lipinski definition) is 5. The molecule has 0 aliphatic carbocycles. The van der Waals surface area contributed by atoms with E-state index in [9.17, 15) is 4.79 Å². The number of rotatable bonds is 5. The molecule has 2 aromatic heterocycles. The Morgan fingerprint density at radius 1 is 1.47 bits per heavy atom. The lowest BCUT2D eigenvalue weighted by atomic mass is 10.1. The molecule has 0 atom stereocenters. The summed E-state index contributed by atoms with van der Waals surface area (Å²) in [6.45, 7) is 4.00. The number of nitrogens with zero attached hydrogens (tertiary/aromatic N) is 2. The van der Waals surface area contributed by atoms with Crippen molar-refractivity contribution in [1.29, 1.82) is 0 Å². The largest absolute Gasteiger partial charge is 0.461 e. The molecule has 2 aromatic rings. The van der Waals surface area contributed by atoms with E-state index in [1.54, 1.807) is 12.1 Å². The molecular formula is C12H14N2O3. The van der Waals surface area contributed by atoms with E-state index in [4.69, 9.17) is 8.94 Å². The molecule has 0 spiro atoms. The predicted molar refractivity (Wildman–Crippen MR) is 60.2 cm³/mol. The number of ketones is 1. The third-order valence-corrected chi connectivity index (χ3v) is 2.19. The molecule has 0 N–H and O–H groups in total. The molecule has 17 heavy (non-hydrogen) atoms. The van der Waals surface area contributed by atoms with E-state index in [0.29, 0.717) is 29.8 Å². The van der Waals surface area contributed by atoms with Crippen molar-refractivity contribution in [3.63, 3.8) is 0 Å². The Kier molecular flexibility index (Phi) is 3.37. The van der Waals surface area contributed by atoms with Gasteiger partial charge in [0.2, 0.25) is 11.7 Å². The van der Waals surface area contributed by atoms with Crippen molar-refractivity contribution in [2.75, 3.05) is 0 Å². The third kappa shape index (κ3) is 3.03. The molecule has 0 fully saturated rings. The highest BCUT2D eigenvalue weighted by Crippen LogP contribution is 2.16. The van der Waals surface area contributed by atoms with Gasteiger partial charge in [0.05, 0.1) is 12.7 Å². The number of furan rings is 1. The van der Waals surface area contributed by atoms with Crippen LogP contribution in [-0.2, 0) is 11.2 Å². The second-order valence-electron chi connectivity index (χ2n) is 4.30. The van der Waals surface area contributed by atoms with Gasteiger partial charge >= 0.3 is 0 Å². The Labute approximate surface area is 98.8 Å². The summed E-state index contributed by atoms with van der Waals surface area (Å²) in [4.78, 5) is 15.7. The van der Waals surface area contributed by atoms with Crippen LogP contribution < -0.4 is 0 Å². The van der Waals surface area contributed by atoms with Crippen LogP contribution in [0.1, 0.15) is 26.2 Å². The number of aromatic nitrogens is 2. The first kappa shape index (κ1) is 11.6. The zero-order valence-corrected chi connectivity index (χ0v) is 9.84. The Hall–Kier alpha value is -1.91. The van der Waals surface area contributed by atoms with Crippen molar-refractivity contribution in [3.05, 3.63) is 24.3 Å². The molecule has 0 saturated carbocycles. The Bertz CT molecular complexity index is 486. The molecule has 0 bridgehead atoms. The average molecular weight is 234 g/mol. The number of carbonyl (C=O) groups excluding carboxylic acids is 1. The Morgan fingerprint density at radius 3 is 2.94 bits per heavy atom. The molecule has 0 aromatic carbocycles. The van der Waals surface area contributed by atoms with Crippen molar-refractivity contribution >= 4 is 5.78 Å². The fraction of sp³-hybridized carbons (Fsp3) is 0.417. The van der Waals surface area contributed by atoms with Gasteiger partial charge in [0.1, 0.15) is 5.78 Å². The van der Waals surface area contributed by atoms with Crippen LogP contribution in [0.2, 0.25) is 0 Å². The summed E-state index contributed by atoms with van der Waals surface area (Å²) < 4.78 is 10.1. The molecule has 2 heterocycles. The average Bonchev–Trinajstić information content (AvgIpc) is 2.84. The summed E-state index contributed by atoms with van der Waals surface area (Å²) in [6.07, 6.45) is 2.25. The highest BCUT2D eigenvalue weighted by atomic mass is 16.5. The molecule has 5 nitrogen and oxygen atoms in total. The zero-order chi connectivity index (χ0) is 12.3. The van der Waals surface area contributed by atoms with Crippen LogP contribution in [0.5, 0.6) is 0 Å². The molecule has 0 aliphatic heterocycles. The molecular weight excluding hydrogens is 220 g/mol. The normalized spacial score (nSPS) is 11.0. The van der Waals surface area contributed by atoms with E-state index in [1.807, 2.05) is 13.8 Å². The fourth-order valence-electron chi connectivity index (χ4n) is 1.53. The smallest absolute Gasteiger partial charge is 0.238 e. The fourth-order valence-corrected chi connectivity index (χ4v) is 1.53. The van der Waals surface area contributed by atoms with Crippen molar-refractivity contribution in [2.24, 2.45) is 5.92 Å². The third-order valence-electron chi connectivity index (χ3n) is 2.19. The minimum absolute atomic E-state index is 0.106. The minimum atomic E-state index is 0.106. The van der Waals surface area contributed by atoms with Gasteiger partial charge in [-0.3, -0.25) is 4.79 Å². The van der Waals surface area contributed by atoms with Crippen molar-refractivity contribution in [3.8, 4) is 11.6 Å². The number of carbonyl (C=O) groups is 1. The second kappa shape index (κ2) is 4.95. The zero-order valence-electron chi connectivity index (χ0n) is 9.84. The molecule has 5 heteroatoms. The first-order valence-corrected chi connectivity index (χ1v) is 5.53. The van der Waals surface area contributed by atoms with Gasteiger partial charge in [-0.25, -0.2) is 0 Å². The molecule has 0 amide bonds. The van der Waals surface area contributed by atoms with E-state index in [2.05, 4.69) is 10.1 Å². The van der Waals surface area contributed by atoms with Gasteiger partial charge < -0.3 is 8.94 Å². The van der Waals surface area contributed by atoms with Crippen LogP contribution in [0, 0.1) is 5.92 Å². The SMILES string of the molecule is CC(C)CC(=O)Cc1nc(-c2ccco2)no1. The van der Waals surface area contributed by atoms with E-state index in [0.717, 1.165) is 0 Å². The van der Waals surface area contributed by atoms with Gasteiger partial charge in [-0.05, 0) is 18.1 Å². The van der Waals surface area contributed by atoms with Crippen LogP contribution in [-0.4, -0.2) is 15.9 Å².